The molecule has 10 aromatic carbocycles. The summed E-state index contributed by atoms with van der Waals surface area (Å²) in [4.78, 5) is 4.77. The fourth-order valence-electron chi connectivity index (χ4n) is 15.1. The number of benzene rings is 10. The Labute approximate surface area is 555 Å². The van der Waals surface area contributed by atoms with Crippen LogP contribution >= 0.6 is 0 Å². The molecule has 0 unspecified atom stereocenters. The van der Waals surface area contributed by atoms with E-state index in [9.17, 15) is 0 Å². The van der Waals surface area contributed by atoms with Crippen LogP contribution in [0.4, 0.5) is 34.1 Å². The molecule has 0 bridgehead atoms. The molecule has 94 heavy (non-hydrogen) atoms. The minimum absolute atomic E-state index is 1.07. The van der Waals surface area contributed by atoms with Crippen molar-refractivity contribution in [2.45, 2.75) is 55.4 Å². The summed E-state index contributed by atoms with van der Waals surface area (Å²) in [6, 6.07) is 97.7. The SMILES string of the molecule is Cc1c(C)c(-c2ccc(N(c3ccc(-c4ccc(N(c5ccc(-c6c(C)c(C)c(-c7ccccc7)n6C)cc5)c5ccc(-c6c(C)c(C)c(-c7ccccc7)n6C)cc5)cc4)cc3)c3ccc(-c4c(C)c(C)c(-c5ccccc5)n4C)cc3)cc2)n(C)c1-c1ccccc1. The average Bonchev–Trinajstić information content (AvgIpc) is 1.47. The van der Waals surface area contributed by atoms with E-state index in [0.717, 1.165) is 45.3 Å². The first-order valence-electron chi connectivity index (χ1n) is 32.7. The van der Waals surface area contributed by atoms with E-state index in [4.69, 9.17) is 0 Å². The van der Waals surface area contributed by atoms with Gasteiger partial charge in [-0.05, 0) is 228 Å². The van der Waals surface area contributed by atoms with E-state index in [2.05, 4.69) is 379 Å². The average molecular weight is 1220 g/mol. The molecule has 6 heteroatoms. The van der Waals surface area contributed by atoms with Crippen molar-refractivity contribution in [3.63, 3.8) is 0 Å². The molecule has 0 aliphatic rings. The lowest BCUT2D eigenvalue weighted by Crippen LogP contribution is -2.10. The second-order valence-electron chi connectivity index (χ2n) is 25.4. The highest BCUT2D eigenvalue weighted by molar-refractivity contribution is 5.87. The molecule has 0 saturated heterocycles. The van der Waals surface area contributed by atoms with Crippen molar-refractivity contribution in [3.8, 4) is 101 Å². The normalized spacial score (nSPS) is 11.4. The molecule has 0 aliphatic carbocycles. The monoisotopic (exact) mass is 1220 g/mol. The van der Waals surface area contributed by atoms with Gasteiger partial charge in [-0.15, -0.1) is 0 Å². The van der Waals surface area contributed by atoms with E-state index in [0.29, 0.717) is 0 Å². The number of hydrogen-bond acceptors (Lipinski definition) is 2. The van der Waals surface area contributed by atoms with E-state index in [1.54, 1.807) is 0 Å². The minimum Gasteiger partial charge on any atom is -0.343 e. The zero-order valence-corrected chi connectivity index (χ0v) is 56.1. The second kappa shape index (κ2) is 24.9. The number of hydrogen-bond donors (Lipinski definition) is 0. The fourth-order valence-corrected chi connectivity index (χ4v) is 15.1. The summed E-state index contributed by atoms with van der Waals surface area (Å²) in [5, 5.41) is 0. The summed E-state index contributed by atoms with van der Waals surface area (Å²) < 4.78 is 9.45. The largest absolute Gasteiger partial charge is 0.343 e. The molecule has 0 fully saturated rings. The maximum atomic E-state index is 2.39. The van der Waals surface area contributed by atoms with E-state index in [-0.39, 0.29) is 0 Å². The molecule has 4 heterocycles. The quantitative estimate of drug-likeness (QED) is 0.102. The zero-order chi connectivity index (χ0) is 65.1. The molecule has 6 nitrogen and oxygen atoms in total. The van der Waals surface area contributed by atoms with Gasteiger partial charge in [0.15, 0.2) is 0 Å². The van der Waals surface area contributed by atoms with E-state index in [1.807, 2.05) is 0 Å². The van der Waals surface area contributed by atoms with E-state index >= 15 is 0 Å². The molecule has 0 radical (unpaired) electrons. The molecule has 0 amide bonds. The fraction of sp³-hybridized carbons (Fsp3) is 0.136. The summed E-state index contributed by atoms with van der Waals surface area (Å²) in [6.07, 6.45) is 0. The molecule has 0 atom stereocenters. The maximum Gasteiger partial charge on any atom is 0.0515 e. The van der Waals surface area contributed by atoms with Crippen LogP contribution in [0.5, 0.6) is 0 Å². The van der Waals surface area contributed by atoms with Crippen molar-refractivity contribution in [1.29, 1.82) is 0 Å². The molecule has 14 aromatic rings. The summed E-state index contributed by atoms with van der Waals surface area (Å²) in [5.74, 6) is 0. The summed E-state index contributed by atoms with van der Waals surface area (Å²) >= 11 is 0. The number of nitrogens with zero attached hydrogens (tertiary/aromatic N) is 6. The topological polar surface area (TPSA) is 26.2 Å². The van der Waals surface area contributed by atoms with Gasteiger partial charge < -0.3 is 28.1 Å². The zero-order valence-electron chi connectivity index (χ0n) is 56.1. The van der Waals surface area contributed by atoms with Crippen LogP contribution in [0.25, 0.3) is 101 Å². The number of anilines is 6. The van der Waals surface area contributed by atoms with Crippen LogP contribution in [0, 0.1) is 55.4 Å². The van der Waals surface area contributed by atoms with Gasteiger partial charge in [0.1, 0.15) is 0 Å². The van der Waals surface area contributed by atoms with Gasteiger partial charge in [-0.1, -0.05) is 194 Å². The molecule has 0 spiro atoms. The van der Waals surface area contributed by atoms with Gasteiger partial charge in [0.2, 0.25) is 0 Å². The Bertz CT molecular complexity index is 4440. The first kappa shape index (κ1) is 60.5. The van der Waals surface area contributed by atoms with Gasteiger partial charge in [0.05, 0.1) is 45.6 Å². The Morgan fingerprint density at radius 1 is 0.160 bits per heavy atom. The van der Waals surface area contributed by atoms with Crippen LogP contribution in [-0.2, 0) is 28.2 Å². The highest BCUT2D eigenvalue weighted by Gasteiger charge is 2.25. The Morgan fingerprint density at radius 2 is 0.287 bits per heavy atom. The molecule has 0 aliphatic heterocycles. The van der Waals surface area contributed by atoms with Crippen molar-refractivity contribution < 1.29 is 0 Å². The third-order valence-corrected chi connectivity index (χ3v) is 20.1. The van der Waals surface area contributed by atoms with Crippen LogP contribution < -0.4 is 9.80 Å². The lowest BCUT2D eigenvalue weighted by molar-refractivity contribution is 0.940. The second-order valence-corrected chi connectivity index (χ2v) is 25.4. The standard InChI is InChI=1S/C88H80N6/c1-57-61(5)85(89(9)81(57)67-25-17-13-18-26-67)71-37-49-77(50-38-71)93(78-51-39-72(40-52-78)86-62(6)58(2)82(90(86)10)68-27-19-14-20-28-68)75-45-33-65(34-46-75)66-35-47-76(48-36-66)94(79-53-41-73(42-54-79)87-63(7)59(3)83(91(87)11)69-29-21-15-22-30-69)80-55-43-74(44-56-80)88-64(8)60(4)84(92(88)12)70-31-23-16-24-32-70/h13-56H,1-12H3. The molecule has 4 aromatic heterocycles. The predicted octanol–water partition coefficient (Wildman–Crippen LogP) is 23.5. The maximum absolute atomic E-state index is 2.39. The first-order valence-corrected chi connectivity index (χ1v) is 32.7. The van der Waals surface area contributed by atoms with Crippen molar-refractivity contribution in [2.75, 3.05) is 9.80 Å². The van der Waals surface area contributed by atoms with E-state index < -0.39 is 0 Å². The molecule has 0 N–H and O–H groups in total. The third kappa shape index (κ3) is 10.6. The van der Waals surface area contributed by atoms with Gasteiger partial charge in [-0.3, -0.25) is 0 Å². The Balaban J connectivity index is 0.812. The van der Waals surface area contributed by atoms with Crippen molar-refractivity contribution in [2.24, 2.45) is 28.2 Å². The molecule has 14 rings (SSSR count). The summed E-state index contributed by atoms with van der Waals surface area (Å²) in [7, 11) is 8.79. The van der Waals surface area contributed by atoms with Gasteiger partial charge >= 0.3 is 0 Å². The Kier molecular flexibility index (Phi) is 16.0. The summed E-state index contributed by atoms with van der Waals surface area (Å²) in [6.45, 7) is 18.0. The van der Waals surface area contributed by atoms with Gasteiger partial charge in [-0.2, -0.15) is 0 Å². The van der Waals surface area contributed by atoms with Crippen LogP contribution in [-0.4, -0.2) is 18.3 Å². The molecular weight excluding hydrogens is 1140 g/mol. The minimum atomic E-state index is 1.07. The summed E-state index contributed by atoms with van der Waals surface area (Å²) in [5.41, 5.74) is 38.7. The lowest BCUT2D eigenvalue weighted by atomic mass is 10.0. The van der Waals surface area contributed by atoms with Gasteiger partial charge in [0.25, 0.3) is 0 Å². The highest BCUT2D eigenvalue weighted by Crippen LogP contribution is 2.45. The first-order chi connectivity index (χ1) is 45.7. The Hall–Kier alpha value is -11.1. The molecule has 462 valence electrons. The molecule has 0 saturated carbocycles. The van der Waals surface area contributed by atoms with Crippen LogP contribution in [0.1, 0.15) is 44.5 Å². The lowest BCUT2D eigenvalue weighted by Gasteiger charge is -2.27. The van der Waals surface area contributed by atoms with Crippen molar-refractivity contribution in [1.82, 2.24) is 18.3 Å². The van der Waals surface area contributed by atoms with Crippen LogP contribution in [0.2, 0.25) is 0 Å². The van der Waals surface area contributed by atoms with Crippen molar-refractivity contribution >= 4 is 34.1 Å². The highest BCUT2D eigenvalue weighted by atomic mass is 15.1. The van der Waals surface area contributed by atoms with Gasteiger partial charge in [-0.25, -0.2) is 0 Å². The predicted molar refractivity (Wildman–Crippen MR) is 399 cm³/mol. The number of aromatic nitrogens is 4. The Morgan fingerprint density at radius 3 is 0.436 bits per heavy atom. The van der Waals surface area contributed by atoms with Crippen LogP contribution in [0.15, 0.2) is 267 Å². The van der Waals surface area contributed by atoms with E-state index in [1.165, 1.54) is 135 Å². The van der Waals surface area contributed by atoms with Gasteiger partial charge in [0, 0.05) is 62.3 Å². The van der Waals surface area contributed by atoms with Crippen LogP contribution in [0.3, 0.4) is 0 Å². The smallest absolute Gasteiger partial charge is 0.0515 e. The number of rotatable bonds is 15. The third-order valence-electron chi connectivity index (χ3n) is 20.1. The van der Waals surface area contributed by atoms with Crippen molar-refractivity contribution in [3.05, 3.63) is 311 Å². The molecular formula is C88H80N6.